The number of benzene rings is 1. The van der Waals surface area contributed by atoms with Crippen molar-refractivity contribution in [3.05, 3.63) is 30.5 Å². The van der Waals surface area contributed by atoms with Crippen molar-refractivity contribution in [3.63, 3.8) is 0 Å². The summed E-state index contributed by atoms with van der Waals surface area (Å²) in [5, 5.41) is 0. The Kier molecular flexibility index (Phi) is 3.53. The predicted octanol–water partition coefficient (Wildman–Crippen LogP) is 2.38. The average molecular weight is 300 g/mol. The second-order valence-electron chi connectivity index (χ2n) is 6.50. The summed E-state index contributed by atoms with van der Waals surface area (Å²) in [7, 11) is 1.22. The Bertz CT molecular complexity index is 648. The molecule has 0 saturated carbocycles. The Morgan fingerprint density at radius 1 is 1.05 bits per heavy atom. The number of nitrogens with zero attached hydrogens (tertiary/aromatic N) is 1. The van der Waals surface area contributed by atoms with Gasteiger partial charge in [0.05, 0.1) is 23.9 Å². The zero-order chi connectivity index (χ0) is 16.0. The average Bonchev–Trinajstić information content (AvgIpc) is 3.03. The van der Waals surface area contributed by atoms with Crippen LogP contribution in [0.2, 0.25) is 0 Å². The molecule has 116 valence electrons. The van der Waals surface area contributed by atoms with Crippen LogP contribution < -0.4 is 10.3 Å². The lowest BCUT2D eigenvalue weighted by Crippen LogP contribution is -2.41. The lowest BCUT2D eigenvalue weighted by Gasteiger charge is -2.32. The molecule has 1 aromatic heterocycles. The van der Waals surface area contributed by atoms with Crippen LogP contribution in [0.25, 0.3) is 11.4 Å². The van der Waals surface area contributed by atoms with Crippen molar-refractivity contribution in [1.82, 2.24) is 9.97 Å². The minimum absolute atomic E-state index is 0.358. The Morgan fingerprint density at radius 3 is 2.18 bits per heavy atom. The normalized spacial score (nSPS) is 19.4. The van der Waals surface area contributed by atoms with E-state index in [1.165, 1.54) is 0 Å². The van der Waals surface area contributed by atoms with Crippen molar-refractivity contribution in [1.29, 1.82) is 0 Å². The van der Waals surface area contributed by atoms with Crippen molar-refractivity contribution in [2.24, 2.45) is 0 Å². The first kappa shape index (κ1) is 15.1. The zero-order valence-corrected chi connectivity index (χ0v) is 13.6. The fourth-order valence-electron chi connectivity index (χ4n) is 2.32. The summed E-state index contributed by atoms with van der Waals surface area (Å²) < 4.78 is 17.2. The van der Waals surface area contributed by atoms with Crippen LogP contribution in [-0.4, -0.2) is 35.4 Å². The topological polar surface area (TPSA) is 56.4 Å². The quantitative estimate of drug-likeness (QED) is 0.884. The molecule has 1 N–H and O–H groups in total. The largest absolute Gasteiger partial charge is 0.513 e. The van der Waals surface area contributed by atoms with Gasteiger partial charge in [-0.15, -0.1) is 0 Å². The number of nitrogens with one attached hydrogen (secondary N) is 1. The molecule has 1 saturated heterocycles. The van der Waals surface area contributed by atoms with Gasteiger partial charge in [0, 0.05) is 11.8 Å². The van der Waals surface area contributed by atoms with E-state index in [9.17, 15) is 0 Å². The third-order valence-electron chi connectivity index (χ3n) is 4.47. The maximum absolute atomic E-state index is 6.02. The standard InChI is InChI=1S/C16H21BN2O3/c1-15(2)16(3,4)22-17(21-15)13-10-18-14(19-13)11-6-8-12(20-5)9-7-11/h6-10H,1-5H3,(H,18,19). The van der Waals surface area contributed by atoms with Crippen molar-refractivity contribution in [3.8, 4) is 17.1 Å². The Hall–Kier alpha value is -1.79. The van der Waals surface area contributed by atoms with E-state index in [0.717, 1.165) is 22.7 Å². The number of aromatic amines is 1. The van der Waals surface area contributed by atoms with Gasteiger partial charge in [-0.05, 0) is 52.0 Å². The van der Waals surface area contributed by atoms with Crippen LogP contribution in [-0.2, 0) is 9.31 Å². The second-order valence-corrected chi connectivity index (χ2v) is 6.50. The van der Waals surface area contributed by atoms with Gasteiger partial charge in [-0.1, -0.05) is 0 Å². The lowest BCUT2D eigenvalue weighted by atomic mass is 9.86. The maximum Gasteiger partial charge on any atom is 0.513 e. The van der Waals surface area contributed by atoms with Crippen molar-refractivity contribution < 1.29 is 14.0 Å². The summed E-state index contributed by atoms with van der Waals surface area (Å²) in [6.07, 6.45) is 1.77. The molecular weight excluding hydrogens is 279 g/mol. The Morgan fingerprint density at radius 2 is 1.64 bits per heavy atom. The van der Waals surface area contributed by atoms with E-state index in [4.69, 9.17) is 14.0 Å². The van der Waals surface area contributed by atoms with E-state index in [1.54, 1.807) is 13.3 Å². The zero-order valence-electron chi connectivity index (χ0n) is 13.6. The van der Waals surface area contributed by atoms with Gasteiger partial charge in [0.25, 0.3) is 0 Å². The van der Waals surface area contributed by atoms with E-state index in [0.29, 0.717) is 0 Å². The first-order valence-corrected chi connectivity index (χ1v) is 7.37. The van der Waals surface area contributed by atoms with Crippen molar-refractivity contribution >= 4 is 12.7 Å². The second kappa shape index (κ2) is 5.14. The molecule has 0 radical (unpaired) electrons. The van der Waals surface area contributed by atoms with Crippen LogP contribution in [0.5, 0.6) is 5.75 Å². The SMILES string of the molecule is COc1ccc(-c2ncc(B3OC(C)(C)C(C)(C)O3)[nH]2)cc1. The number of aromatic nitrogens is 2. The fourth-order valence-corrected chi connectivity index (χ4v) is 2.32. The van der Waals surface area contributed by atoms with Gasteiger partial charge in [-0.3, -0.25) is 0 Å². The molecule has 0 bridgehead atoms. The molecule has 1 fully saturated rings. The smallest absolute Gasteiger partial charge is 0.497 e. The van der Waals surface area contributed by atoms with E-state index in [-0.39, 0.29) is 11.2 Å². The summed E-state index contributed by atoms with van der Waals surface area (Å²) in [6, 6.07) is 7.75. The summed E-state index contributed by atoms with van der Waals surface area (Å²) in [6.45, 7) is 8.14. The molecule has 5 nitrogen and oxygen atoms in total. The third kappa shape index (κ3) is 2.53. The number of hydrogen-bond acceptors (Lipinski definition) is 4. The number of methoxy groups -OCH3 is 1. The molecule has 2 heterocycles. The highest BCUT2D eigenvalue weighted by Gasteiger charge is 2.52. The molecular formula is C16H21BN2O3. The Balaban J connectivity index is 1.82. The van der Waals surface area contributed by atoms with Crippen LogP contribution in [0.3, 0.4) is 0 Å². The van der Waals surface area contributed by atoms with Gasteiger partial charge in [-0.25, -0.2) is 4.98 Å². The summed E-state index contributed by atoms with van der Waals surface area (Å²) in [4.78, 5) is 7.71. The van der Waals surface area contributed by atoms with Crippen molar-refractivity contribution in [2.45, 2.75) is 38.9 Å². The molecule has 0 spiro atoms. The highest BCUT2D eigenvalue weighted by atomic mass is 16.7. The van der Waals surface area contributed by atoms with Gasteiger partial charge < -0.3 is 19.0 Å². The van der Waals surface area contributed by atoms with Gasteiger partial charge in [0.15, 0.2) is 0 Å². The summed E-state index contributed by atoms with van der Waals surface area (Å²) in [5.41, 5.74) is 1.10. The summed E-state index contributed by atoms with van der Waals surface area (Å²) in [5.74, 6) is 1.61. The molecule has 1 aliphatic rings. The number of imidazole rings is 1. The van der Waals surface area contributed by atoms with Gasteiger partial charge in [0.1, 0.15) is 11.6 Å². The third-order valence-corrected chi connectivity index (χ3v) is 4.47. The summed E-state index contributed by atoms with van der Waals surface area (Å²) >= 11 is 0. The first-order chi connectivity index (χ1) is 10.3. The minimum Gasteiger partial charge on any atom is -0.497 e. The molecule has 22 heavy (non-hydrogen) atoms. The number of rotatable bonds is 3. The van der Waals surface area contributed by atoms with Crippen LogP contribution in [0, 0.1) is 0 Å². The maximum atomic E-state index is 6.02. The van der Waals surface area contributed by atoms with Gasteiger partial charge in [0.2, 0.25) is 0 Å². The minimum atomic E-state index is -0.426. The van der Waals surface area contributed by atoms with E-state index < -0.39 is 7.12 Å². The number of H-pyrrole nitrogens is 1. The monoisotopic (exact) mass is 300 g/mol. The van der Waals surface area contributed by atoms with Gasteiger partial charge >= 0.3 is 7.12 Å². The van der Waals surface area contributed by atoms with E-state index >= 15 is 0 Å². The fraction of sp³-hybridized carbons (Fsp3) is 0.438. The molecule has 1 aliphatic heterocycles. The van der Waals surface area contributed by atoms with Crippen LogP contribution in [0.15, 0.2) is 30.5 Å². The molecule has 0 amide bonds. The molecule has 1 aromatic carbocycles. The number of hydrogen-bond donors (Lipinski definition) is 1. The van der Waals surface area contributed by atoms with E-state index in [2.05, 4.69) is 9.97 Å². The van der Waals surface area contributed by atoms with Crippen molar-refractivity contribution in [2.75, 3.05) is 7.11 Å². The lowest BCUT2D eigenvalue weighted by molar-refractivity contribution is 0.00578. The molecule has 6 heteroatoms. The molecule has 0 atom stereocenters. The highest BCUT2D eigenvalue weighted by Crippen LogP contribution is 2.36. The molecule has 2 aromatic rings. The van der Waals surface area contributed by atoms with Crippen LogP contribution >= 0.6 is 0 Å². The van der Waals surface area contributed by atoms with Crippen LogP contribution in [0.4, 0.5) is 0 Å². The first-order valence-electron chi connectivity index (χ1n) is 7.37. The molecule has 3 rings (SSSR count). The Labute approximate surface area is 131 Å². The van der Waals surface area contributed by atoms with Crippen LogP contribution in [0.1, 0.15) is 27.7 Å². The number of ether oxygens (including phenoxy) is 1. The highest BCUT2D eigenvalue weighted by molar-refractivity contribution is 6.61. The van der Waals surface area contributed by atoms with Gasteiger partial charge in [-0.2, -0.15) is 0 Å². The predicted molar refractivity (Wildman–Crippen MR) is 86.3 cm³/mol. The molecule has 0 unspecified atom stereocenters. The molecule has 0 aliphatic carbocycles. The van der Waals surface area contributed by atoms with E-state index in [1.807, 2.05) is 52.0 Å².